The largest absolute Gasteiger partial charge is 0.324 e. The van der Waals surface area contributed by atoms with E-state index >= 15 is 0 Å². The lowest BCUT2D eigenvalue weighted by Gasteiger charge is -2.24. The van der Waals surface area contributed by atoms with Crippen LogP contribution in [0, 0.1) is 5.92 Å². The van der Waals surface area contributed by atoms with Gasteiger partial charge in [-0.05, 0) is 23.0 Å². The van der Waals surface area contributed by atoms with Crippen molar-refractivity contribution in [3.63, 3.8) is 0 Å². The number of rotatable bonds is 3. The fourth-order valence-electron chi connectivity index (χ4n) is 1.76. The van der Waals surface area contributed by atoms with Crippen molar-refractivity contribution in [1.82, 2.24) is 0 Å². The molecule has 100 valence electrons. The van der Waals surface area contributed by atoms with Crippen LogP contribution in [0.25, 0.3) is 0 Å². The Balaban J connectivity index is 2.95. The molecule has 0 bridgehead atoms. The molecule has 0 aliphatic heterocycles. The molecule has 0 saturated carbocycles. The number of benzene rings is 1. The second-order valence-corrected chi connectivity index (χ2v) is 6.05. The zero-order chi connectivity index (χ0) is 13.9. The number of carbonyl (C=O) groups is 1. The first-order valence-electron chi connectivity index (χ1n) is 6.39. The lowest BCUT2D eigenvalue weighted by atomic mass is 9.85. The summed E-state index contributed by atoms with van der Waals surface area (Å²) in [4.78, 5) is 12.0. The third-order valence-corrected chi connectivity index (χ3v) is 3.01. The predicted octanol–water partition coefficient (Wildman–Crippen LogP) is 2.91. The first-order valence-corrected chi connectivity index (χ1v) is 6.39. The molecular weight excluding hydrogens is 224 g/mol. The average Bonchev–Trinajstić information content (AvgIpc) is 2.27. The minimum atomic E-state index is -0.474. The Kier molecular flexibility index (Phi) is 4.52. The Morgan fingerprint density at radius 2 is 1.78 bits per heavy atom. The van der Waals surface area contributed by atoms with Crippen molar-refractivity contribution < 1.29 is 4.79 Å². The van der Waals surface area contributed by atoms with Crippen LogP contribution in [0.3, 0.4) is 0 Å². The lowest BCUT2D eigenvalue weighted by Crippen LogP contribution is -2.40. The van der Waals surface area contributed by atoms with Crippen molar-refractivity contribution in [3.05, 3.63) is 29.8 Å². The summed E-state index contributed by atoms with van der Waals surface area (Å²) in [5, 5.41) is 2.93. The zero-order valence-electron chi connectivity index (χ0n) is 11.9. The van der Waals surface area contributed by atoms with Crippen LogP contribution >= 0.6 is 0 Å². The molecule has 0 heterocycles. The minimum absolute atomic E-state index is 0.00814. The molecule has 1 amide bonds. The van der Waals surface area contributed by atoms with E-state index in [1.54, 1.807) is 0 Å². The summed E-state index contributed by atoms with van der Waals surface area (Å²) in [6.07, 6.45) is 0. The van der Waals surface area contributed by atoms with E-state index in [0.29, 0.717) is 0 Å². The molecule has 1 rings (SSSR count). The van der Waals surface area contributed by atoms with Gasteiger partial charge in [0.1, 0.15) is 0 Å². The molecule has 0 aliphatic carbocycles. The van der Waals surface area contributed by atoms with Gasteiger partial charge in [0.2, 0.25) is 5.91 Å². The minimum Gasteiger partial charge on any atom is -0.324 e. The highest BCUT2D eigenvalue weighted by molar-refractivity contribution is 5.95. The highest BCUT2D eigenvalue weighted by Crippen LogP contribution is 2.29. The summed E-state index contributed by atoms with van der Waals surface area (Å²) in [6, 6.07) is 7.39. The summed E-state index contributed by atoms with van der Waals surface area (Å²) in [5.74, 6) is 0.00787. The van der Waals surface area contributed by atoms with Crippen molar-refractivity contribution in [2.75, 3.05) is 5.32 Å². The van der Waals surface area contributed by atoms with E-state index in [1.807, 2.05) is 38.1 Å². The number of nitrogens with one attached hydrogen (secondary N) is 1. The molecule has 0 radical (unpaired) electrons. The normalized spacial score (nSPS) is 13.5. The Bertz CT molecular complexity index is 419. The van der Waals surface area contributed by atoms with Gasteiger partial charge in [-0.15, -0.1) is 0 Å². The third kappa shape index (κ3) is 3.57. The van der Waals surface area contributed by atoms with E-state index in [2.05, 4.69) is 26.1 Å². The SMILES string of the molecule is CC(C)[C@H](N)C(=O)Nc1ccccc1C(C)(C)C. The summed E-state index contributed by atoms with van der Waals surface area (Å²) in [5.41, 5.74) is 7.82. The molecule has 1 atom stereocenters. The van der Waals surface area contributed by atoms with Gasteiger partial charge in [-0.25, -0.2) is 0 Å². The van der Waals surface area contributed by atoms with Gasteiger partial charge in [0.05, 0.1) is 6.04 Å². The Hall–Kier alpha value is -1.35. The molecule has 18 heavy (non-hydrogen) atoms. The van der Waals surface area contributed by atoms with E-state index in [9.17, 15) is 4.79 Å². The number of carbonyl (C=O) groups excluding carboxylic acids is 1. The third-order valence-electron chi connectivity index (χ3n) is 3.01. The van der Waals surface area contributed by atoms with Crippen LogP contribution in [0.4, 0.5) is 5.69 Å². The van der Waals surface area contributed by atoms with Crippen LogP contribution in [-0.4, -0.2) is 11.9 Å². The van der Waals surface area contributed by atoms with E-state index in [1.165, 1.54) is 0 Å². The molecule has 0 fully saturated rings. The number of anilines is 1. The van der Waals surface area contributed by atoms with Gasteiger partial charge in [-0.1, -0.05) is 52.8 Å². The molecule has 3 heteroatoms. The maximum atomic E-state index is 12.0. The first kappa shape index (κ1) is 14.7. The molecule has 0 aliphatic rings. The van der Waals surface area contributed by atoms with E-state index in [4.69, 9.17) is 5.73 Å². The first-order chi connectivity index (χ1) is 8.23. The standard InChI is InChI=1S/C15H24N2O/c1-10(2)13(16)14(18)17-12-9-7-6-8-11(12)15(3,4)5/h6-10,13H,16H2,1-5H3,(H,17,18)/t13-/m0/s1. The summed E-state index contributed by atoms with van der Waals surface area (Å²) in [7, 11) is 0. The van der Waals surface area contributed by atoms with Gasteiger partial charge in [0, 0.05) is 5.69 Å². The van der Waals surface area contributed by atoms with Crippen LogP contribution in [0.5, 0.6) is 0 Å². The van der Waals surface area contributed by atoms with E-state index < -0.39 is 6.04 Å². The summed E-state index contributed by atoms with van der Waals surface area (Å²) >= 11 is 0. The fraction of sp³-hybridized carbons (Fsp3) is 0.533. The molecule has 1 aromatic carbocycles. The van der Waals surface area contributed by atoms with E-state index in [0.717, 1.165) is 11.3 Å². The van der Waals surface area contributed by atoms with Gasteiger partial charge in [-0.2, -0.15) is 0 Å². The molecule has 3 nitrogen and oxygen atoms in total. The number of hydrogen-bond acceptors (Lipinski definition) is 2. The average molecular weight is 248 g/mol. The Labute approximate surface area is 110 Å². The fourth-order valence-corrected chi connectivity index (χ4v) is 1.76. The van der Waals surface area contributed by atoms with Crippen LogP contribution < -0.4 is 11.1 Å². The molecule has 0 aromatic heterocycles. The molecule has 0 saturated heterocycles. The van der Waals surface area contributed by atoms with Gasteiger partial charge < -0.3 is 11.1 Å². The molecule has 3 N–H and O–H groups in total. The second-order valence-electron chi connectivity index (χ2n) is 6.05. The highest BCUT2D eigenvalue weighted by atomic mass is 16.2. The van der Waals surface area contributed by atoms with Crippen molar-refractivity contribution >= 4 is 11.6 Å². The van der Waals surface area contributed by atoms with Crippen molar-refractivity contribution in [2.24, 2.45) is 11.7 Å². The molecule has 0 unspecified atom stereocenters. The van der Waals surface area contributed by atoms with E-state index in [-0.39, 0.29) is 17.2 Å². The monoisotopic (exact) mass is 248 g/mol. The van der Waals surface area contributed by atoms with Crippen LogP contribution in [-0.2, 0) is 10.2 Å². The quantitative estimate of drug-likeness (QED) is 0.864. The molecule has 0 spiro atoms. The Morgan fingerprint density at radius 3 is 2.28 bits per heavy atom. The number of nitrogens with two attached hydrogens (primary N) is 1. The maximum Gasteiger partial charge on any atom is 0.241 e. The van der Waals surface area contributed by atoms with Gasteiger partial charge >= 0.3 is 0 Å². The van der Waals surface area contributed by atoms with Gasteiger partial charge in [-0.3, -0.25) is 4.79 Å². The van der Waals surface area contributed by atoms with Crippen LogP contribution in [0.15, 0.2) is 24.3 Å². The number of amides is 1. The van der Waals surface area contributed by atoms with Crippen molar-refractivity contribution in [2.45, 2.75) is 46.1 Å². The lowest BCUT2D eigenvalue weighted by molar-refractivity contribution is -0.118. The second kappa shape index (κ2) is 5.53. The topological polar surface area (TPSA) is 55.1 Å². The smallest absolute Gasteiger partial charge is 0.241 e. The number of para-hydroxylation sites is 1. The maximum absolute atomic E-state index is 12.0. The van der Waals surface area contributed by atoms with Crippen LogP contribution in [0.2, 0.25) is 0 Å². The zero-order valence-corrected chi connectivity index (χ0v) is 11.9. The highest BCUT2D eigenvalue weighted by Gasteiger charge is 2.21. The van der Waals surface area contributed by atoms with Crippen molar-refractivity contribution in [3.8, 4) is 0 Å². The summed E-state index contributed by atoms with van der Waals surface area (Å²) < 4.78 is 0. The number of hydrogen-bond donors (Lipinski definition) is 2. The van der Waals surface area contributed by atoms with Crippen LogP contribution in [0.1, 0.15) is 40.2 Å². The Morgan fingerprint density at radius 1 is 1.22 bits per heavy atom. The van der Waals surface area contributed by atoms with Crippen molar-refractivity contribution in [1.29, 1.82) is 0 Å². The summed E-state index contributed by atoms with van der Waals surface area (Å²) in [6.45, 7) is 10.3. The predicted molar refractivity (Wildman–Crippen MR) is 76.6 cm³/mol. The molecule has 1 aromatic rings. The van der Waals surface area contributed by atoms with Gasteiger partial charge in [0.25, 0.3) is 0 Å². The van der Waals surface area contributed by atoms with Gasteiger partial charge in [0.15, 0.2) is 0 Å². The molecular formula is C15H24N2O.